The van der Waals surface area contributed by atoms with Gasteiger partial charge in [-0.25, -0.2) is 9.59 Å². The third-order valence-electron chi connectivity index (χ3n) is 7.16. The summed E-state index contributed by atoms with van der Waals surface area (Å²) in [5.41, 5.74) is 3.20. The fourth-order valence-electron chi connectivity index (χ4n) is 4.73. The number of rotatable bonds is 13. The number of hydrogen-bond donors (Lipinski definition) is 3. The van der Waals surface area contributed by atoms with Gasteiger partial charge in [-0.15, -0.1) is 0 Å². The highest BCUT2D eigenvalue weighted by Crippen LogP contribution is 2.44. The normalized spacial score (nSPS) is 16.6. The molecule has 0 aliphatic carbocycles. The number of aliphatic hydroxyl groups excluding tert-OH is 1. The number of nitrogens with zero attached hydrogens (tertiary/aromatic N) is 1. The van der Waals surface area contributed by atoms with E-state index in [1.54, 1.807) is 24.3 Å². The minimum Gasteiger partial charge on any atom is -0.491 e. The van der Waals surface area contributed by atoms with Gasteiger partial charge in [0.25, 0.3) is 5.69 Å². The van der Waals surface area contributed by atoms with Crippen LogP contribution in [0.4, 0.5) is 18.9 Å². The highest BCUT2D eigenvalue weighted by molar-refractivity contribution is 6.00. The Bertz CT molecular complexity index is 1450. The fourth-order valence-corrected chi connectivity index (χ4v) is 4.73. The number of alkyl halides is 3. The molecular weight excluding hydrogens is 599 g/mol. The Kier molecular flexibility index (Phi) is 11.7. The van der Waals surface area contributed by atoms with E-state index in [0.717, 1.165) is 17.7 Å². The summed E-state index contributed by atoms with van der Waals surface area (Å²) < 4.78 is 58.4. The summed E-state index contributed by atoms with van der Waals surface area (Å²) in [6, 6.07) is 11.0. The van der Waals surface area contributed by atoms with Crippen molar-refractivity contribution in [3.05, 3.63) is 92.3 Å². The number of carbonyl (C=O) groups excluding carboxylic acids is 2. The molecule has 3 unspecified atom stereocenters. The van der Waals surface area contributed by atoms with Crippen molar-refractivity contribution in [3.8, 4) is 5.75 Å². The van der Waals surface area contributed by atoms with Crippen LogP contribution in [0, 0.1) is 16.0 Å². The first-order valence-corrected chi connectivity index (χ1v) is 14.2. The number of nitro benzene ring substituents is 1. The molecule has 11 nitrogen and oxygen atoms in total. The molecule has 2 aromatic rings. The van der Waals surface area contributed by atoms with Crippen molar-refractivity contribution in [2.24, 2.45) is 11.7 Å². The standard InChI is InChI=1S/C31H36F3N3O8/c1-5-43-30(40)26-25(20-7-6-8-21(15-20)37(41)42)24(18(4)36-28(26)31(32,33)34)29(39)44-14-13-19-9-11-22(12-10-19)45-16-23(38)27(35)17(2)3/h6-12,15,17,23,25,27,36,38H,5,13-14,16,35H2,1-4H3. The van der Waals surface area contributed by atoms with Gasteiger partial charge in [0, 0.05) is 30.3 Å². The van der Waals surface area contributed by atoms with E-state index < -0.39 is 58.1 Å². The van der Waals surface area contributed by atoms with Crippen molar-refractivity contribution in [1.82, 2.24) is 5.32 Å². The molecule has 1 heterocycles. The smallest absolute Gasteiger partial charge is 0.431 e. The van der Waals surface area contributed by atoms with Gasteiger partial charge in [-0.1, -0.05) is 38.1 Å². The summed E-state index contributed by atoms with van der Waals surface area (Å²) >= 11 is 0. The highest BCUT2D eigenvalue weighted by Gasteiger charge is 2.47. The van der Waals surface area contributed by atoms with Crippen LogP contribution in [0.5, 0.6) is 5.75 Å². The molecule has 1 aliphatic rings. The van der Waals surface area contributed by atoms with Gasteiger partial charge >= 0.3 is 18.1 Å². The summed E-state index contributed by atoms with van der Waals surface area (Å²) in [5.74, 6) is -3.48. The van der Waals surface area contributed by atoms with Crippen LogP contribution >= 0.6 is 0 Å². The molecule has 0 bridgehead atoms. The van der Waals surface area contributed by atoms with E-state index in [0.29, 0.717) is 5.75 Å². The van der Waals surface area contributed by atoms with E-state index in [1.807, 2.05) is 13.8 Å². The Labute approximate surface area is 258 Å². The molecule has 0 saturated carbocycles. The zero-order valence-electron chi connectivity index (χ0n) is 25.2. The predicted molar refractivity (Wildman–Crippen MR) is 157 cm³/mol. The van der Waals surface area contributed by atoms with Crippen LogP contribution in [0.2, 0.25) is 0 Å². The lowest BCUT2D eigenvalue weighted by Crippen LogP contribution is -2.42. The van der Waals surface area contributed by atoms with Gasteiger partial charge < -0.3 is 30.4 Å². The van der Waals surface area contributed by atoms with Crippen molar-refractivity contribution >= 4 is 17.6 Å². The first-order valence-electron chi connectivity index (χ1n) is 14.2. The number of nitrogens with two attached hydrogens (primary N) is 1. The Balaban J connectivity index is 1.84. The van der Waals surface area contributed by atoms with Crippen molar-refractivity contribution in [1.29, 1.82) is 0 Å². The zero-order valence-corrected chi connectivity index (χ0v) is 25.2. The second kappa shape index (κ2) is 15.0. The number of aliphatic hydroxyl groups is 1. The molecule has 45 heavy (non-hydrogen) atoms. The number of carbonyl (C=O) groups is 2. The average molecular weight is 636 g/mol. The van der Waals surface area contributed by atoms with Gasteiger partial charge in [-0.05, 0) is 43.0 Å². The van der Waals surface area contributed by atoms with Crippen molar-refractivity contribution < 1.29 is 47.0 Å². The van der Waals surface area contributed by atoms with Crippen molar-refractivity contribution in [2.45, 2.75) is 58.4 Å². The molecule has 3 rings (SSSR count). The maximum atomic E-state index is 14.2. The Morgan fingerprint density at radius 1 is 1.09 bits per heavy atom. The molecule has 244 valence electrons. The van der Waals surface area contributed by atoms with Gasteiger partial charge in [0.2, 0.25) is 0 Å². The van der Waals surface area contributed by atoms with Crippen LogP contribution in [0.25, 0.3) is 0 Å². The second-order valence-corrected chi connectivity index (χ2v) is 10.7. The number of dihydropyridines is 1. The number of benzene rings is 2. The van der Waals surface area contributed by atoms with E-state index in [9.17, 15) is 38.0 Å². The number of halogens is 3. The number of esters is 2. The summed E-state index contributed by atoms with van der Waals surface area (Å²) in [6.45, 7) is 5.98. The number of allylic oxidation sites excluding steroid dienone is 2. The molecule has 0 aromatic heterocycles. The molecule has 0 saturated heterocycles. The lowest BCUT2D eigenvalue weighted by atomic mass is 9.80. The lowest BCUT2D eigenvalue weighted by Gasteiger charge is -2.32. The number of ether oxygens (including phenoxy) is 3. The molecule has 1 aliphatic heterocycles. The van der Waals surface area contributed by atoms with Crippen molar-refractivity contribution in [2.75, 3.05) is 19.8 Å². The molecule has 14 heteroatoms. The molecule has 4 N–H and O–H groups in total. The summed E-state index contributed by atoms with van der Waals surface area (Å²) in [7, 11) is 0. The van der Waals surface area contributed by atoms with Gasteiger partial charge in [0.1, 0.15) is 24.2 Å². The molecule has 0 fully saturated rings. The molecule has 0 spiro atoms. The average Bonchev–Trinajstić information content (AvgIpc) is 2.99. The van der Waals surface area contributed by atoms with E-state index in [2.05, 4.69) is 5.32 Å². The topological polar surface area (TPSA) is 163 Å². The van der Waals surface area contributed by atoms with E-state index in [1.165, 1.54) is 26.0 Å². The number of nitrogens with one attached hydrogen (secondary N) is 1. The molecule has 2 aromatic carbocycles. The van der Waals surface area contributed by atoms with Crippen molar-refractivity contribution in [3.63, 3.8) is 0 Å². The third-order valence-corrected chi connectivity index (χ3v) is 7.16. The number of nitro groups is 1. The monoisotopic (exact) mass is 635 g/mol. The highest BCUT2D eigenvalue weighted by atomic mass is 19.4. The Morgan fingerprint density at radius 3 is 2.31 bits per heavy atom. The lowest BCUT2D eigenvalue weighted by molar-refractivity contribution is -0.384. The summed E-state index contributed by atoms with van der Waals surface area (Å²) in [6.07, 6.45) is -5.68. The second-order valence-electron chi connectivity index (χ2n) is 10.7. The van der Waals surface area contributed by atoms with Gasteiger partial charge in [-0.3, -0.25) is 10.1 Å². The number of hydrogen-bond acceptors (Lipinski definition) is 10. The first-order chi connectivity index (χ1) is 21.1. The maximum absolute atomic E-state index is 14.2. The van der Waals surface area contributed by atoms with Gasteiger partial charge in [-0.2, -0.15) is 13.2 Å². The van der Waals surface area contributed by atoms with E-state index in [4.69, 9.17) is 19.9 Å². The zero-order chi connectivity index (χ0) is 33.5. The Morgan fingerprint density at radius 2 is 1.73 bits per heavy atom. The molecular formula is C31H36F3N3O8. The van der Waals surface area contributed by atoms with E-state index >= 15 is 0 Å². The quantitative estimate of drug-likeness (QED) is 0.163. The first kappa shape index (κ1) is 35.1. The number of non-ortho nitro benzene ring substituents is 1. The Hall–Kier alpha value is -4.43. The molecule has 0 radical (unpaired) electrons. The largest absolute Gasteiger partial charge is 0.491 e. The minimum atomic E-state index is -5.05. The van der Waals surface area contributed by atoms with Crippen LogP contribution in [0.3, 0.4) is 0 Å². The van der Waals surface area contributed by atoms with Crippen LogP contribution in [-0.4, -0.2) is 60.1 Å². The third kappa shape index (κ3) is 8.82. The van der Waals surface area contributed by atoms with Gasteiger partial charge in [0.05, 0.1) is 35.2 Å². The van der Waals surface area contributed by atoms with Crippen LogP contribution < -0.4 is 15.8 Å². The fraction of sp³-hybridized carbons (Fsp3) is 0.419. The molecule has 0 amide bonds. The minimum absolute atomic E-state index is 0.00281. The van der Waals surface area contributed by atoms with Crippen LogP contribution in [0.1, 0.15) is 44.7 Å². The molecule has 3 atom stereocenters. The van der Waals surface area contributed by atoms with E-state index in [-0.39, 0.29) is 49.0 Å². The summed E-state index contributed by atoms with van der Waals surface area (Å²) in [5, 5.41) is 23.7. The predicted octanol–water partition coefficient (Wildman–Crippen LogP) is 4.44. The maximum Gasteiger partial charge on any atom is 0.431 e. The summed E-state index contributed by atoms with van der Waals surface area (Å²) in [4.78, 5) is 37.1. The SMILES string of the molecule is CCOC(=O)C1=C(C(F)(F)F)NC(C)=C(C(=O)OCCc2ccc(OCC(O)C(N)C(C)C)cc2)C1c1cccc([N+](=O)[O-])c1. The van der Waals surface area contributed by atoms with Crippen LogP contribution in [0.15, 0.2) is 71.1 Å². The van der Waals surface area contributed by atoms with Crippen LogP contribution in [-0.2, 0) is 25.5 Å². The van der Waals surface area contributed by atoms with Gasteiger partial charge in [0.15, 0.2) is 0 Å².